The summed E-state index contributed by atoms with van der Waals surface area (Å²) < 4.78 is 1.87. The number of amides is 2. The van der Waals surface area contributed by atoms with Crippen molar-refractivity contribution in [3.63, 3.8) is 0 Å². The second-order valence-corrected chi connectivity index (χ2v) is 9.43. The molecule has 0 aliphatic rings. The number of hydrogen-bond acceptors (Lipinski definition) is 6. The molecule has 164 valence electrons. The first-order chi connectivity index (χ1) is 15.0. The standard InChI is InChI=1S/C22H27N5O2S2/c1-3-8-17(16-9-5-4-6-10-16)24-21(29)15(2)31-22-26-25-20(18-11-7-14-30-18)27(22)13-12-19(23)28/h4-7,9-11,14-15,17H,3,8,12-13H2,1-2H3,(H2,23,28)(H,24,29). The molecule has 2 unspecified atom stereocenters. The zero-order chi connectivity index (χ0) is 22.2. The third-order valence-corrected chi connectivity index (χ3v) is 6.73. The van der Waals surface area contributed by atoms with E-state index >= 15 is 0 Å². The summed E-state index contributed by atoms with van der Waals surface area (Å²) in [6.07, 6.45) is 2.01. The molecule has 2 heterocycles. The highest BCUT2D eigenvalue weighted by Crippen LogP contribution is 2.30. The highest BCUT2D eigenvalue weighted by atomic mass is 32.2. The molecule has 7 nitrogen and oxygen atoms in total. The average molecular weight is 458 g/mol. The number of aromatic nitrogens is 3. The van der Waals surface area contributed by atoms with Gasteiger partial charge in [-0.25, -0.2) is 0 Å². The van der Waals surface area contributed by atoms with E-state index in [4.69, 9.17) is 5.73 Å². The predicted octanol–water partition coefficient (Wildman–Crippen LogP) is 4.02. The Bertz CT molecular complexity index is 989. The third-order valence-electron chi connectivity index (χ3n) is 4.79. The zero-order valence-electron chi connectivity index (χ0n) is 17.7. The largest absolute Gasteiger partial charge is 0.370 e. The molecule has 31 heavy (non-hydrogen) atoms. The zero-order valence-corrected chi connectivity index (χ0v) is 19.3. The van der Waals surface area contributed by atoms with Crippen LogP contribution in [0.4, 0.5) is 0 Å². The number of carbonyl (C=O) groups is 2. The summed E-state index contributed by atoms with van der Waals surface area (Å²) in [6.45, 7) is 4.33. The van der Waals surface area contributed by atoms with E-state index in [9.17, 15) is 9.59 Å². The first-order valence-corrected chi connectivity index (χ1v) is 12.0. The van der Waals surface area contributed by atoms with E-state index in [2.05, 4.69) is 22.4 Å². The maximum atomic E-state index is 13.0. The Hall–Kier alpha value is -2.65. The quantitative estimate of drug-likeness (QED) is 0.423. The Morgan fingerprint density at radius 2 is 1.97 bits per heavy atom. The van der Waals surface area contributed by atoms with Crippen LogP contribution < -0.4 is 11.1 Å². The lowest BCUT2D eigenvalue weighted by molar-refractivity contribution is -0.121. The summed E-state index contributed by atoms with van der Waals surface area (Å²) in [5.74, 6) is 0.228. The Kier molecular flexibility index (Phi) is 8.25. The number of primary amides is 1. The maximum Gasteiger partial charge on any atom is 0.233 e. The molecule has 2 amide bonds. The fraction of sp³-hybridized carbons (Fsp3) is 0.364. The first-order valence-electron chi connectivity index (χ1n) is 10.3. The Labute approximate surface area is 190 Å². The van der Waals surface area contributed by atoms with Gasteiger partial charge in [-0.05, 0) is 30.4 Å². The number of rotatable bonds is 11. The van der Waals surface area contributed by atoms with Crippen molar-refractivity contribution in [1.82, 2.24) is 20.1 Å². The molecule has 3 aromatic rings. The van der Waals surface area contributed by atoms with Crippen molar-refractivity contribution in [2.45, 2.75) is 56.1 Å². The van der Waals surface area contributed by atoms with Gasteiger partial charge in [0.05, 0.1) is 16.2 Å². The number of hydrogen-bond donors (Lipinski definition) is 2. The summed E-state index contributed by atoms with van der Waals surface area (Å²) in [4.78, 5) is 25.3. The number of nitrogens with one attached hydrogen (secondary N) is 1. The number of carbonyl (C=O) groups excluding carboxylic acids is 2. The van der Waals surface area contributed by atoms with Crippen LogP contribution in [0.1, 0.15) is 44.7 Å². The Morgan fingerprint density at radius 3 is 2.61 bits per heavy atom. The van der Waals surface area contributed by atoms with E-state index in [1.165, 1.54) is 11.8 Å². The van der Waals surface area contributed by atoms with Gasteiger partial charge in [-0.1, -0.05) is 61.5 Å². The van der Waals surface area contributed by atoms with Crippen LogP contribution in [0.2, 0.25) is 0 Å². The number of thioether (sulfide) groups is 1. The molecule has 0 aliphatic heterocycles. The van der Waals surface area contributed by atoms with Gasteiger partial charge in [0.2, 0.25) is 11.8 Å². The van der Waals surface area contributed by atoms with Crippen LogP contribution >= 0.6 is 23.1 Å². The Morgan fingerprint density at radius 1 is 1.19 bits per heavy atom. The van der Waals surface area contributed by atoms with Crippen LogP contribution in [0.25, 0.3) is 10.7 Å². The van der Waals surface area contributed by atoms with Crippen molar-refractivity contribution in [2.75, 3.05) is 0 Å². The minimum Gasteiger partial charge on any atom is -0.370 e. The molecule has 3 rings (SSSR count). The molecule has 3 N–H and O–H groups in total. The number of thiophene rings is 1. The van der Waals surface area contributed by atoms with Crippen LogP contribution in [-0.2, 0) is 16.1 Å². The molecule has 9 heteroatoms. The lowest BCUT2D eigenvalue weighted by Gasteiger charge is -2.21. The summed E-state index contributed by atoms with van der Waals surface area (Å²) in [5, 5.41) is 13.9. The molecule has 2 atom stereocenters. The van der Waals surface area contributed by atoms with Gasteiger partial charge in [-0.15, -0.1) is 21.5 Å². The molecular formula is C22H27N5O2S2. The highest BCUT2D eigenvalue weighted by molar-refractivity contribution is 8.00. The van der Waals surface area contributed by atoms with E-state index in [1.54, 1.807) is 11.3 Å². The molecule has 0 aliphatic carbocycles. The van der Waals surface area contributed by atoms with Gasteiger partial charge >= 0.3 is 0 Å². The van der Waals surface area contributed by atoms with Gasteiger partial charge in [-0.2, -0.15) is 0 Å². The average Bonchev–Trinajstić information content (AvgIpc) is 3.42. The molecule has 2 aromatic heterocycles. The number of nitrogens with zero attached hydrogens (tertiary/aromatic N) is 3. The molecule has 0 bridgehead atoms. The van der Waals surface area contributed by atoms with Gasteiger partial charge in [-0.3, -0.25) is 9.59 Å². The van der Waals surface area contributed by atoms with E-state index in [0.717, 1.165) is 23.3 Å². The molecule has 0 fully saturated rings. The van der Waals surface area contributed by atoms with Crippen molar-refractivity contribution in [3.8, 4) is 10.7 Å². The molecule has 0 saturated carbocycles. The van der Waals surface area contributed by atoms with E-state index in [1.807, 2.05) is 59.3 Å². The van der Waals surface area contributed by atoms with Crippen molar-refractivity contribution in [1.29, 1.82) is 0 Å². The summed E-state index contributed by atoms with van der Waals surface area (Å²) in [6, 6.07) is 13.9. The summed E-state index contributed by atoms with van der Waals surface area (Å²) >= 11 is 2.88. The van der Waals surface area contributed by atoms with Crippen molar-refractivity contribution >= 4 is 34.9 Å². The van der Waals surface area contributed by atoms with Crippen molar-refractivity contribution in [2.24, 2.45) is 5.73 Å². The second-order valence-electron chi connectivity index (χ2n) is 7.17. The van der Waals surface area contributed by atoms with Gasteiger partial charge in [0.1, 0.15) is 0 Å². The van der Waals surface area contributed by atoms with Crippen LogP contribution in [-0.4, -0.2) is 31.8 Å². The van der Waals surface area contributed by atoms with Gasteiger partial charge < -0.3 is 15.6 Å². The second kappa shape index (κ2) is 11.1. The minimum atomic E-state index is -0.391. The van der Waals surface area contributed by atoms with E-state index in [-0.39, 0.29) is 23.6 Å². The van der Waals surface area contributed by atoms with Crippen LogP contribution in [0.3, 0.4) is 0 Å². The molecular weight excluding hydrogens is 430 g/mol. The van der Waals surface area contributed by atoms with Crippen LogP contribution in [0.5, 0.6) is 0 Å². The maximum absolute atomic E-state index is 13.0. The lowest BCUT2D eigenvalue weighted by Crippen LogP contribution is -2.34. The monoisotopic (exact) mass is 457 g/mol. The lowest BCUT2D eigenvalue weighted by atomic mass is 10.0. The molecule has 1 aromatic carbocycles. The van der Waals surface area contributed by atoms with Gasteiger partial charge in [0.15, 0.2) is 11.0 Å². The SMILES string of the molecule is CCCC(NC(=O)C(C)Sc1nnc(-c2cccs2)n1CCC(N)=O)c1ccccc1. The van der Waals surface area contributed by atoms with Crippen LogP contribution in [0, 0.1) is 0 Å². The van der Waals surface area contributed by atoms with E-state index in [0.29, 0.717) is 17.5 Å². The van der Waals surface area contributed by atoms with Gasteiger partial charge in [0, 0.05) is 13.0 Å². The molecule has 0 spiro atoms. The Balaban J connectivity index is 1.74. The fourth-order valence-electron chi connectivity index (χ4n) is 3.18. The van der Waals surface area contributed by atoms with Crippen molar-refractivity contribution in [3.05, 3.63) is 53.4 Å². The minimum absolute atomic E-state index is 0.0313. The molecule has 0 saturated heterocycles. The van der Waals surface area contributed by atoms with Gasteiger partial charge in [0.25, 0.3) is 0 Å². The smallest absolute Gasteiger partial charge is 0.233 e. The van der Waals surface area contributed by atoms with Crippen LogP contribution in [0.15, 0.2) is 53.0 Å². The third kappa shape index (κ3) is 6.18. The normalized spacial score (nSPS) is 13.0. The number of benzene rings is 1. The topological polar surface area (TPSA) is 103 Å². The number of nitrogens with two attached hydrogens (primary N) is 1. The van der Waals surface area contributed by atoms with Crippen molar-refractivity contribution < 1.29 is 9.59 Å². The summed E-state index contributed by atoms with van der Waals surface area (Å²) in [7, 11) is 0. The highest BCUT2D eigenvalue weighted by Gasteiger charge is 2.23. The molecule has 0 radical (unpaired) electrons. The van der Waals surface area contributed by atoms with E-state index < -0.39 is 5.91 Å². The first kappa shape index (κ1) is 23.0. The summed E-state index contributed by atoms with van der Waals surface area (Å²) in [5.41, 5.74) is 6.45. The fourth-order valence-corrected chi connectivity index (χ4v) is 4.79. The predicted molar refractivity (Wildman–Crippen MR) is 125 cm³/mol.